The summed E-state index contributed by atoms with van der Waals surface area (Å²) in [6.07, 6.45) is 7.06. The first kappa shape index (κ1) is 19.3. The minimum atomic E-state index is -0.960. The number of carboxylic acid groups (broad SMARTS) is 1. The predicted octanol–water partition coefficient (Wildman–Crippen LogP) is 5.20. The number of fused-ring (bicyclic) bond motifs is 1. The summed E-state index contributed by atoms with van der Waals surface area (Å²) in [6.45, 7) is 2.15. The van der Waals surface area contributed by atoms with Gasteiger partial charge in [-0.05, 0) is 58.0 Å². The quantitative estimate of drug-likeness (QED) is 0.360. The number of pyridine rings is 1. The van der Waals surface area contributed by atoms with Gasteiger partial charge < -0.3 is 5.11 Å². The number of hydrogen-bond acceptors (Lipinski definition) is 3. The summed E-state index contributed by atoms with van der Waals surface area (Å²) in [5, 5.41) is 13.1. The number of aliphatic carboxylic acids is 1. The van der Waals surface area contributed by atoms with Crippen molar-refractivity contribution in [2.45, 2.75) is 13.3 Å². The number of benzene rings is 2. The molecule has 0 fully saturated rings. The second-order valence-corrected chi connectivity index (χ2v) is 6.84. The van der Waals surface area contributed by atoms with Crippen LogP contribution in [0.5, 0.6) is 0 Å². The first-order chi connectivity index (χ1) is 14.7. The lowest BCUT2D eigenvalue weighted by molar-refractivity contribution is -0.131. The van der Waals surface area contributed by atoms with Gasteiger partial charge in [-0.1, -0.05) is 61.5 Å². The molecule has 0 unspecified atom stereocenters. The Morgan fingerprint density at radius 2 is 1.77 bits per heavy atom. The molecule has 5 heteroatoms. The smallest absolute Gasteiger partial charge is 0.328 e. The fraction of sp³-hybridized carbons (Fsp3) is 0.0800. The van der Waals surface area contributed by atoms with Gasteiger partial charge in [-0.3, -0.25) is 0 Å². The largest absolute Gasteiger partial charge is 0.478 e. The van der Waals surface area contributed by atoms with Gasteiger partial charge >= 0.3 is 5.97 Å². The van der Waals surface area contributed by atoms with E-state index >= 15 is 0 Å². The lowest BCUT2D eigenvalue weighted by Gasteiger charge is -2.16. The Labute approximate surface area is 174 Å². The van der Waals surface area contributed by atoms with E-state index in [1.165, 1.54) is 11.1 Å². The van der Waals surface area contributed by atoms with E-state index in [-0.39, 0.29) is 0 Å². The SMILES string of the molecule is CC/C(=C(/c1ccc(/C=C/C(=O)O)cc1)c1ccn2ncnc2c1)c1ccccc1. The van der Waals surface area contributed by atoms with Crippen LogP contribution in [0.1, 0.15) is 35.6 Å². The molecule has 4 rings (SSSR count). The normalized spacial score (nSPS) is 12.3. The van der Waals surface area contributed by atoms with Gasteiger partial charge in [0.1, 0.15) is 6.33 Å². The molecule has 0 saturated carbocycles. The van der Waals surface area contributed by atoms with Crippen LogP contribution >= 0.6 is 0 Å². The average molecular weight is 395 g/mol. The molecule has 148 valence electrons. The summed E-state index contributed by atoms with van der Waals surface area (Å²) < 4.78 is 1.75. The molecule has 5 nitrogen and oxygen atoms in total. The Bertz CT molecular complexity index is 1240. The van der Waals surface area contributed by atoms with Crippen LogP contribution in [0.15, 0.2) is 85.3 Å². The zero-order valence-corrected chi connectivity index (χ0v) is 16.6. The highest BCUT2D eigenvalue weighted by atomic mass is 16.4. The Morgan fingerprint density at radius 1 is 1.00 bits per heavy atom. The molecule has 1 N–H and O–H groups in total. The van der Waals surface area contributed by atoms with Crippen molar-refractivity contribution in [1.82, 2.24) is 14.6 Å². The third-order valence-electron chi connectivity index (χ3n) is 4.96. The van der Waals surface area contributed by atoms with E-state index in [4.69, 9.17) is 5.11 Å². The van der Waals surface area contributed by atoms with E-state index in [0.717, 1.165) is 40.4 Å². The topological polar surface area (TPSA) is 67.5 Å². The van der Waals surface area contributed by atoms with Crippen molar-refractivity contribution in [3.63, 3.8) is 0 Å². The summed E-state index contributed by atoms with van der Waals surface area (Å²) in [4.78, 5) is 15.1. The van der Waals surface area contributed by atoms with Crippen molar-refractivity contribution in [2.75, 3.05) is 0 Å². The zero-order valence-electron chi connectivity index (χ0n) is 16.6. The highest BCUT2D eigenvalue weighted by molar-refractivity contribution is 5.99. The van der Waals surface area contributed by atoms with Crippen LogP contribution in [-0.4, -0.2) is 25.7 Å². The molecule has 2 heterocycles. The van der Waals surface area contributed by atoms with Gasteiger partial charge in [0.05, 0.1) is 0 Å². The molecule has 0 amide bonds. The third kappa shape index (κ3) is 4.05. The number of aromatic nitrogens is 3. The molecule has 0 aliphatic carbocycles. The maximum atomic E-state index is 10.8. The molecule has 0 bridgehead atoms. The molecule has 4 aromatic rings. The molecular weight excluding hydrogens is 374 g/mol. The fourth-order valence-electron chi connectivity index (χ4n) is 3.58. The first-order valence-electron chi connectivity index (χ1n) is 9.75. The summed E-state index contributed by atoms with van der Waals surface area (Å²) in [5.74, 6) is -0.960. The lowest BCUT2D eigenvalue weighted by atomic mass is 9.88. The van der Waals surface area contributed by atoms with Gasteiger partial charge in [0.25, 0.3) is 0 Å². The van der Waals surface area contributed by atoms with E-state index in [9.17, 15) is 4.79 Å². The van der Waals surface area contributed by atoms with Crippen molar-refractivity contribution in [3.8, 4) is 0 Å². The molecule has 0 aliphatic heterocycles. The summed E-state index contributed by atoms with van der Waals surface area (Å²) in [6, 6.07) is 22.4. The van der Waals surface area contributed by atoms with Crippen molar-refractivity contribution in [3.05, 3.63) is 108 Å². The van der Waals surface area contributed by atoms with Crippen molar-refractivity contribution in [2.24, 2.45) is 0 Å². The van der Waals surface area contributed by atoms with Crippen LogP contribution in [0.3, 0.4) is 0 Å². The number of rotatable bonds is 6. The average Bonchev–Trinajstić information content (AvgIpc) is 3.25. The molecular formula is C25H21N3O2. The number of carbonyl (C=O) groups is 1. The first-order valence-corrected chi connectivity index (χ1v) is 9.75. The number of hydrogen-bond donors (Lipinski definition) is 1. The molecule has 2 aromatic carbocycles. The number of allylic oxidation sites excluding steroid dienone is 1. The standard InChI is InChI=1S/C25H21N3O2/c1-2-22(19-6-4-3-5-7-19)25(21-14-15-28-23(16-21)26-17-27-28)20-11-8-18(9-12-20)10-13-24(29)30/h3-17H,2H2,1H3,(H,29,30)/b13-10+,25-22+. The molecule has 0 saturated heterocycles. The molecule has 0 atom stereocenters. The highest BCUT2D eigenvalue weighted by Gasteiger charge is 2.14. The molecule has 0 spiro atoms. The summed E-state index contributed by atoms with van der Waals surface area (Å²) in [7, 11) is 0. The van der Waals surface area contributed by atoms with Crippen LogP contribution in [0.2, 0.25) is 0 Å². The second kappa shape index (κ2) is 8.57. The van der Waals surface area contributed by atoms with Crippen LogP contribution < -0.4 is 0 Å². The summed E-state index contributed by atoms with van der Waals surface area (Å²) in [5.41, 5.74) is 7.28. The lowest BCUT2D eigenvalue weighted by Crippen LogP contribution is -1.97. The monoisotopic (exact) mass is 395 g/mol. The third-order valence-corrected chi connectivity index (χ3v) is 4.96. The maximum absolute atomic E-state index is 10.8. The minimum absolute atomic E-state index is 0.787. The van der Waals surface area contributed by atoms with Crippen LogP contribution in [0.25, 0.3) is 22.9 Å². The van der Waals surface area contributed by atoms with Gasteiger partial charge in [0.2, 0.25) is 0 Å². The van der Waals surface area contributed by atoms with Crippen molar-refractivity contribution in [1.29, 1.82) is 0 Å². The van der Waals surface area contributed by atoms with Gasteiger partial charge in [0, 0.05) is 12.3 Å². The van der Waals surface area contributed by atoms with Crippen molar-refractivity contribution < 1.29 is 9.90 Å². The molecule has 0 aliphatic rings. The van der Waals surface area contributed by atoms with E-state index < -0.39 is 5.97 Å². The predicted molar refractivity (Wildman–Crippen MR) is 119 cm³/mol. The van der Waals surface area contributed by atoms with Crippen LogP contribution in [-0.2, 0) is 4.79 Å². The van der Waals surface area contributed by atoms with Crippen LogP contribution in [0.4, 0.5) is 0 Å². The Kier molecular flexibility index (Phi) is 5.52. The Hall–Kier alpha value is -3.99. The van der Waals surface area contributed by atoms with Crippen molar-refractivity contribution >= 4 is 28.8 Å². The van der Waals surface area contributed by atoms with Gasteiger partial charge in [0.15, 0.2) is 5.65 Å². The Balaban J connectivity index is 1.89. The van der Waals surface area contributed by atoms with Gasteiger partial charge in [-0.25, -0.2) is 14.3 Å². The molecule has 2 aromatic heterocycles. The second-order valence-electron chi connectivity index (χ2n) is 6.84. The van der Waals surface area contributed by atoms with E-state index in [1.54, 1.807) is 16.9 Å². The molecule has 30 heavy (non-hydrogen) atoms. The fourth-order valence-corrected chi connectivity index (χ4v) is 3.58. The van der Waals surface area contributed by atoms with E-state index in [1.807, 2.05) is 60.8 Å². The maximum Gasteiger partial charge on any atom is 0.328 e. The number of nitrogens with zero attached hydrogens (tertiary/aromatic N) is 3. The van der Waals surface area contributed by atoms with E-state index in [2.05, 4.69) is 29.1 Å². The minimum Gasteiger partial charge on any atom is -0.478 e. The molecule has 0 radical (unpaired) electrons. The van der Waals surface area contributed by atoms with E-state index in [0.29, 0.717) is 0 Å². The Morgan fingerprint density at radius 3 is 2.47 bits per heavy atom. The summed E-state index contributed by atoms with van der Waals surface area (Å²) >= 11 is 0. The highest BCUT2D eigenvalue weighted by Crippen LogP contribution is 2.34. The van der Waals surface area contributed by atoms with Gasteiger partial charge in [-0.2, -0.15) is 5.10 Å². The number of carboxylic acids is 1. The zero-order chi connectivity index (χ0) is 20.9. The van der Waals surface area contributed by atoms with Gasteiger partial charge in [-0.15, -0.1) is 0 Å². The van der Waals surface area contributed by atoms with Crippen LogP contribution in [0, 0.1) is 0 Å².